The van der Waals surface area contributed by atoms with Crippen molar-refractivity contribution in [1.29, 1.82) is 0 Å². The average Bonchev–Trinajstić information content (AvgIpc) is 2.36. The summed E-state index contributed by atoms with van der Waals surface area (Å²) < 4.78 is 0. The Balaban J connectivity index is 2.16. The number of aliphatic hydroxyl groups is 1. The van der Waals surface area contributed by atoms with Gasteiger partial charge in [-0.1, -0.05) is 18.2 Å². The van der Waals surface area contributed by atoms with E-state index in [-0.39, 0.29) is 12.5 Å². The van der Waals surface area contributed by atoms with Gasteiger partial charge in [-0.15, -0.1) is 0 Å². The minimum Gasteiger partial charge on any atom is -0.398 e. The molecule has 0 heterocycles. The maximum absolute atomic E-state index is 11.6. The monoisotopic (exact) mass is 268 g/mol. The second-order valence-electron chi connectivity index (χ2n) is 3.92. The molecule has 5 heteroatoms. The zero-order valence-corrected chi connectivity index (χ0v) is 11.2. The lowest BCUT2D eigenvalue weighted by Gasteiger charge is -2.07. The Morgan fingerprint density at radius 3 is 2.83 bits per heavy atom. The number of thioether (sulfide) groups is 1. The smallest absolute Gasteiger partial charge is 0.224 e. The third-order valence-electron chi connectivity index (χ3n) is 2.42. The molecule has 0 spiro atoms. The fraction of sp³-hybridized carbons (Fsp3) is 0.462. The fourth-order valence-electron chi connectivity index (χ4n) is 1.46. The van der Waals surface area contributed by atoms with Crippen molar-refractivity contribution in [3.05, 3.63) is 29.8 Å². The summed E-state index contributed by atoms with van der Waals surface area (Å²) in [6.07, 6.45) is 1.13. The van der Waals surface area contributed by atoms with E-state index in [9.17, 15) is 4.79 Å². The van der Waals surface area contributed by atoms with Crippen molar-refractivity contribution in [3.63, 3.8) is 0 Å². The standard InChI is InChI=1S/C13H20N2O2S/c14-12-5-2-1-4-11(12)10-13(17)15-6-9-18-8-3-7-16/h1-2,4-5,16H,3,6-10,14H2,(H,15,17). The molecule has 1 amide bonds. The van der Waals surface area contributed by atoms with E-state index >= 15 is 0 Å². The van der Waals surface area contributed by atoms with Gasteiger partial charge in [-0.25, -0.2) is 0 Å². The molecular weight excluding hydrogens is 248 g/mol. The van der Waals surface area contributed by atoms with E-state index < -0.39 is 0 Å². The lowest BCUT2D eigenvalue weighted by molar-refractivity contribution is -0.120. The van der Waals surface area contributed by atoms with Crippen LogP contribution >= 0.6 is 11.8 Å². The molecule has 100 valence electrons. The maximum atomic E-state index is 11.6. The quantitative estimate of drug-likeness (QED) is 0.486. The van der Waals surface area contributed by atoms with Crippen LogP contribution in [-0.4, -0.2) is 35.7 Å². The lowest BCUT2D eigenvalue weighted by atomic mass is 10.1. The van der Waals surface area contributed by atoms with Crippen LogP contribution in [0.3, 0.4) is 0 Å². The molecule has 0 fully saturated rings. The number of carbonyl (C=O) groups excluding carboxylic acids is 1. The fourth-order valence-corrected chi connectivity index (χ4v) is 2.25. The van der Waals surface area contributed by atoms with Crippen molar-refractivity contribution in [3.8, 4) is 0 Å². The SMILES string of the molecule is Nc1ccccc1CC(=O)NCCSCCCO. The van der Waals surface area contributed by atoms with Gasteiger partial charge in [-0.05, 0) is 23.8 Å². The van der Waals surface area contributed by atoms with Crippen molar-refractivity contribution >= 4 is 23.4 Å². The number of amides is 1. The minimum atomic E-state index is -0.00402. The van der Waals surface area contributed by atoms with Gasteiger partial charge in [0, 0.05) is 24.6 Å². The molecule has 0 aliphatic rings. The second-order valence-corrected chi connectivity index (χ2v) is 5.14. The molecule has 4 nitrogen and oxygen atoms in total. The van der Waals surface area contributed by atoms with E-state index in [2.05, 4.69) is 5.32 Å². The molecule has 0 bridgehead atoms. The van der Waals surface area contributed by atoms with Crippen LogP contribution in [0, 0.1) is 0 Å². The number of hydrogen-bond donors (Lipinski definition) is 3. The highest BCUT2D eigenvalue weighted by Gasteiger charge is 2.04. The van der Waals surface area contributed by atoms with Crippen LogP contribution < -0.4 is 11.1 Å². The zero-order valence-electron chi connectivity index (χ0n) is 10.4. The molecule has 1 aromatic carbocycles. The van der Waals surface area contributed by atoms with E-state index in [0.717, 1.165) is 23.5 Å². The molecule has 18 heavy (non-hydrogen) atoms. The number of benzene rings is 1. The first-order valence-electron chi connectivity index (χ1n) is 6.02. The number of nitrogen functional groups attached to an aromatic ring is 1. The average molecular weight is 268 g/mol. The summed E-state index contributed by atoms with van der Waals surface area (Å²) in [7, 11) is 0. The van der Waals surface area contributed by atoms with Crippen molar-refractivity contribution in [2.45, 2.75) is 12.8 Å². The molecular formula is C13H20N2O2S. The van der Waals surface area contributed by atoms with Crippen molar-refractivity contribution < 1.29 is 9.90 Å². The summed E-state index contributed by atoms with van der Waals surface area (Å²) in [5.74, 6) is 1.80. The van der Waals surface area contributed by atoms with E-state index in [1.165, 1.54) is 0 Å². The molecule has 4 N–H and O–H groups in total. The summed E-state index contributed by atoms with van der Waals surface area (Å²) in [6, 6.07) is 7.40. The van der Waals surface area contributed by atoms with Crippen molar-refractivity contribution in [1.82, 2.24) is 5.32 Å². The Bertz CT molecular complexity index is 372. The van der Waals surface area contributed by atoms with Crippen LogP contribution in [0.2, 0.25) is 0 Å². The number of nitrogens with two attached hydrogens (primary N) is 1. The highest BCUT2D eigenvalue weighted by molar-refractivity contribution is 7.99. The summed E-state index contributed by atoms with van der Waals surface area (Å²) in [4.78, 5) is 11.6. The predicted octanol–water partition coefficient (Wildman–Crippen LogP) is 1.04. The van der Waals surface area contributed by atoms with Gasteiger partial charge in [0.05, 0.1) is 6.42 Å². The van der Waals surface area contributed by atoms with Crippen molar-refractivity contribution in [2.24, 2.45) is 0 Å². The second kappa shape index (κ2) is 8.83. The molecule has 0 aliphatic heterocycles. The van der Waals surface area contributed by atoms with Gasteiger partial charge in [-0.3, -0.25) is 4.79 Å². The zero-order chi connectivity index (χ0) is 13.2. The largest absolute Gasteiger partial charge is 0.398 e. The van der Waals surface area contributed by atoms with E-state index in [1.807, 2.05) is 18.2 Å². The van der Waals surface area contributed by atoms with Gasteiger partial charge >= 0.3 is 0 Å². The molecule has 0 atom stereocenters. The van der Waals surface area contributed by atoms with Crippen LogP contribution in [-0.2, 0) is 11.2 Å². The van der Waals surface area contributed by atoms with E-state index in [1.54, 1.807) is 17.8 Å². The molecule has 1 rings (SSSR count). The van der Waals surface area contributed by atoms with Gasteiger partial charge in [0.15, 0.2) is 0 Å². The number of hydrogen-bond acceptors (Lipinski definition) is 4. The number of aliphatic hydroxyl groups excluding tert-OH is 1. The van der Waals surface area contributed by atoms with Gasteiger partial charge in [-0.2, -0.15) is 11.8 Å². The number of carbonyl (C=O) groups is 1. The Morgan fingerprint density at radius 2 is 2.11 bits per heavy atom. The maximum Gasteiger partial charge on any atom is 0.224 e. The summed E-state index contributed by atoms with van der Waals surface area (Å²) in [6.45, 7) is 0.883. The van der Waals surface area contributed by atoms with Gasteiger partial charge in [0.2, 0.25) is 5.91 Å². The third kappa shape index (κ3) is 5.93. The Morgan fingerprint density at radius 1 is 1.33 bits per heavy atom. The van der Waals surface area contributed by atoms with Crippen LogP contribution in [0.5, 0.6) is 0 Å². The van der Waals surface area contributed by atoms with Crippen LogP contribution in [0.1, 0.15) is 12.0 Å². The normalized spacial score (nSPS) is 10.3. The first-order valence-corrected chi connectivity index (χ1v) is 7.18. The van der Waals surface area contributed by atoms with Gasteiger partial charge in [0.1, 0.15) is 0 Å². The van der Waals surface area contributed by atoms with E-state index in [4.69, 9.17) is 10.8 Å². The number of anilines is 1. The van der Waals surface area contributed by atoms with Gasteiger partial charge < -0.3 is 16.2 Å². The van der Waals surface area contributed by atoms with Crippen LogP contribution in [0.4, 0.5) is 5.69 Å². The first kappa shape index (κ1) is 14.9. The molecule has 0 saturated heterocycles. The summed E-state index contributed by atoms with van der Waals surface area (Å²) in [5, 5.41) is 11.5. The summed E-state index contributed by atoms with van der Waals surface area (Å²) >= 11 is 1.73. The highest BCUT2D eigenvalue weighted by atomic mass is 32.2. The number of para-hydroxylation sites is 1. The molecule has 1 aromatic rings. The topological polar surface area (TPSA) is 75.4 Å². The molecule has 0 unspecified atom stereocenters. The molecule has 0 aliphatic carbocycles. The number of nitrogens with one attached hydrogen (secondary N) is 1. The molecule has 0 aromatic heterocycles. The first-order chi connectivity index (χ1) is 8.74. The van der Waals surface area contributed by atoms with Crippen LogP contribution in [0.15, 0.2) is 24.3 Å². The van der Waals surface area contributed by atoms with Crippen molar-refractivity contribution in [2.75, 3.05) is 30.4 Å². The summed E-state index contributed by atoms with van der Waals surface area (Å²) in [5.41, 5.74) is 7.29. The Hall–Kier alpha value is -1.20. The Labute approximate surface area is 112 Å². The van der Waals surface area contributed by atoms with Crippen LogP contribution in [0.25, 0.3) is 0 Å². The predicted molar refractivity (Wildman–Crippen MR) is 76.6 cm³/mol. The van der Waals surface area contributed by atoms with Gasteiger partial charge in [0.25, 0.3) is 0 Å². The molecule has 0 radical (unpaired) electrons. The molecule has 0 saturated carbocycles. The minimum absolute atomic E-state index is 0.00402. The lowest BCUT2D eigenvalue weighted by Crippen LogP contribution is -2.27. The van der Waals surface area contributed by atoms with E-state index in [0.29, 0.717) is 18.7 Å². The number of rotatable bonds is 8. The third-order valence-corrected chi connectivity index (χ3v) is 3.49. The highest BCUT2D eigenvalue weighted by Crippen LogP contribution is 2.10. The Kier molecular flexibility index (Phi) is 7.29.